The number of anilines is 1. The van der Waals surface area contributed by atoms with Crippen LogP contribution in [0.5, 0.6) is 0 Å². The zero-order valence-corrected chi connectivity index (χ0v) is 12.0. The largest absolute Gasteiger partial charge is 0.362 e. The number of nitrogens with zero attached hydrogens (tertiary/aromatic N) is 2. The molecule has 4 heteroatoms. The van der Waals surface area contributed by atoms with Crippen LogP contribution in [0, 0.1) is 5.92 Å². The number of fused-ring (bicyclic) bond motifs is 1. The van der Waals surface area contributed by atoms with Gasteiger partial charge in [0, 0.05) is 6.54 Å². The molecule has 0 amide bonds. The molecule has 2 atom stereocenters. The van der Waals surface area contributed by atoms with E-state index in [9.17, 15) is 0 Å². The molecule has 0 saturated heterocycles. The molecule has 1 aliphatic carbocycles. The van der Waals surface area contributed by atoms with Gasteiger partial charge in [0.05, 0.1) is 22.8 Å². The van der Waals surface area contributed by atoms with Crippen LogP contribution in [-0.2, 0) is 0 Å². The van der Waals surface area contributed by atoms with Crippen molar-refractivity contribution < 1.29 is 0 Å². The maximum atomic E-state index is 6.05. The highest BCUT2D eigenvalue weighted by Crippen LogP contribution is 2.34. The highest BCUT2D eigenvalue weighted by Gasteiger charge is 2.33. The molecule has 0 radical (unpaired) electrons. The van der Waals surface area contributed by atoms with Crippen molar-refractivity contribution in [1.82, 2.24) is 9.97 Å². The first-order valence-corrected chi connectivity index (χ1v) is 7.41. The standard InChI is InChI=1S/C16H22N4/c1-12-5-4-8-16(9-12,11-17)20-15-10-18-13-6-2-3-7-14(13)19-15/h2-3,6-7,10,12H,4-5,8-9,11,17H2,1H3,(H,19,20). The Morgan fingerprint density at radius 2 is 2.15 bits per heavy atom. The van der Waals surface area contributed by atoms with Gasteiger partial charge in [0.25, 0.3) is 0 Å². The number of nitrogens with one attached hydrogen (secondary N) is 1. The van der Waals surface area contributed by atoms with E-state index in [2.05, 4.69) is 22.2 Å². The van der Waals surface area contributed by atoms with Gasteiger partial charge in [-0.05, 0) is 30.9 Å². The molecule has 1 heterocycles. The van der Waals surface area contributed by atoms with Gasteiger partial charge in [-0.15, -0.1) is 0 Å². The van der Waals surface area contributed by atoms with Gasteiger partial charge in [-0.25, -0.2) is 4.98 Å². The number of hydrogen-bond acceptors (Lipinski definition) is 4. The lowest BCUT2D eigenvalue weighted by atomic mass is 9.76. The SMILES string of the molecule is CC1CCCC(CN)(Nc2cnc3ccccc3n2)C1. The van der Waals surface area contributed by atoms with E-state index in [-0.39, 0.29) is 5.54 Å². The lowest BCUT2D eigenvalue weighted by Crippen LogP contribution is -2.48. The van der Waals surface area contributed by atoms with Crippen LogP contribution >= 0.6 is 0 Å². The minimum Gasteiger partial charge on any atom is -0.362 e. The smallest absolute Gasteiger partial charge is 0.145 e. The summed E-state index contributed by atoms with van der Waals surface area (Å²) < 4.78 is 0. The van der Waals surface area contributed by atoms with Gasteiger partial charge >= 0.3 is 0 Å². The van der Waals surface area contributed by atoms with E-state index in [1.54, 1.807) is 0 Å². The van der Waals surface area contributed by atoms with Crippen molar-refractivity contribution in [2.75, 3.05) is 11.9 Å². The minimum atomic E-state index is -0.0190. The molecule has 2 unspecified atom stereocenters. The van der Waals surface area contributed by atoms with Crippen molar-refractivity contribution in [1.29, 1.82) is 0 Å². The van der Waals surface area contributed by atoms with Gasteiger partial charge in [-0.3, -0.25) is 4.98 Å². The molecule has 0 bridgehead atoms. The van der Waals surface area contributed by atoms with E-state index in [0.29, 0.717) is 12.5 Å². The Labute approximate surface area is 119 Å². The van der Waals surface area contributed by atoms with Crippen molar-refractivity contribution in [2.24, 2.45) is 11.7 Å². The molecule has 1 aliphatic rings. The van der Waals surface area contributed by atoms with Crippen LogP contribution in [0.15, 0.2) is 30.5 Å². The van der Waals surface area contributed by atoms with Crippen molar-refractivity contribution in [3.8, 4) is 0 Å². The topological polar surface area (TPSA) is 63.8 Å². The normalized spacial score (nSPS) is 26.6. The Bertz CT molecular complexity index is 598. The van der Waals surface area contributed by atoms with Crippen molar-refractivity contribution in [2.45, 2.75) is 38.1 Å². The molecule has 106 valence electrons. The second-order valence-corrected chi connectivity index (χ2v) is 6.05. The first kappa shape index (κ1) is 13.3. The summed E-state index contributed by atoms with van der Waals surface area (Å²) in [5.41, 5.74) is 7.88. The third-order valence-corrected chi connectivity index (χ3v) is 4.32. The Morgan fingerprint density at radius 1 is 1.35 bits per heavy atom. The van der Waals surface area contributed by atoms with Gasteiger partial charge < -0.3 is 11.1 Å². The Hall–Kier alpha value is -1.68. The predicted octanol–water partition coefficient (Wildman–Crippen LogP) is 2.95. The molecular weight excluding hydrogens is 248 g/mol. The summed E-state index contributed by atoms with van der Waals surface area (Å²) in [6.45, 7) is 2.95. The summed E-state index contributed by atoms with van der Waals surface area (Å²) in [7, 11) is 0. The Morgan fingerprint density at radius 3 is 2.90 bits per heavy atom. The highest BCUT2D eigenvalue weighted by molar-refractivity contribution is 5.75. The highest BCUT2D eigenvalue weighted by atomic mass is 15.1. The maximum absolute atomic E-state index is 6.05. The number of aromatic nitrogens is 2. The second kappa shape index (κ2) is 5.37. The van der Waals surface area contributed by atoms with Crippen molar-refractivity contribution >= 4 is 16.9 Å². The fourth-order valence-corrected chi connectivity index (χ4v) is 3.30. The summed E-state index contributed by atoms with van der Waals surface area (Å²) in [5, 5.41) is 3.57. The van der Waals surface area contributed by atoms with Crippen LogP contribution in [0.4, 0.5) is 5.82 Å². The molecule has 1 saturated carbocycles. The van der Waals surface area contributed by atoms with Crippen LogP contribution in [0.2, 0.25) is 0 Å². The van der Waals surface area contributed by atoms with Crippen LogP contribution in [0.25, 0.3) is 11.0 Å². The summed E-state index contributed by atoms with van der Waals surface area (Å²) >= 11 is 0. The quantitative estimate of drug-likeness (QED) is 0.900. The zero-order valence-electron chi connectivity index (χ0n) is 12.0. The predicted molar refractivity (Wildman–Crippen MR) is 82.6 cm³/mol. The number of rotatable bonds is 3. The minimum absolute atomic E-state index is 0.0190. The lowest BCUT2D eigenvalue weighted by molar-refractivity contribution is 0.263. The molecule has 20 heavy (non-hydrogen) atoms. The van der Waals surface area contributed by atoms with E-state index in [4.69, 9.17) is 5.73 Å². The Balaban J connectivity index is 1.87. The number of para-hydroxylation sites is 2. The van der Waals surface area contributed by atoms with Gasteiger partial charge in [0.2, 0.25) is 0 Å². The molecular formula is C16H22N4. The van der Waals surface area contributed by atoms with E-state index in [1.165, 1.54) is 12.8 Å². The van der Waals surface area contributed by atoms with Gasteiger partial charge in [-0.1, -0.05) is 31.9 Å². The maximum Gasteiger partial charge on any atom is 0.145 e. The summed E-state index contributed by atoms with van der Waals surface area (Å²) in [4.78, 5) is 9.12. The molecule has 0 spiro atoms. The third kappa shape index (κ3) is 2.61. The zero-order chi connectivity index (χ0) is 14.0. The van der Waals surface area contributed by atoms with Gasteiger partial charge in [-0.2, -0.15) is 0 Å². The average Bonchev–Trinajstić information content (AvgIpc) is 2.47. The summed E-state index contributed by atoms with van der Waals surface area (Å²) in [5.74, 6) is 1.55. The van der Waals surface area contributed by atoms with Gasteiger partial charge in [0.15, 0.2) is 0 Å². The molecule has 0 aliphatic heterocycles. The summed E-state index contributed by atoms with van der Waals surface area (Å²) in [6.07, 6.45) is 6.57. The second-order valence-electron chi connectivity index (χ2n) is 6.05. The van der Waals surface area contributed by atoms with Crippen molar-refractivity contribution in [3.05, 3.63) is 30.5 Å². The Kier molecular flexibility index (Phi) is 3.57. The van der Waals surface area contributed by atoms with Gasteiger partial charge in [0.1, 0.15) is 5.82 Å². The van der Waals surface area contributed by atoms with Crippen LogP contribution < -0.4 is 11.1 Å². The van der Waals surface area contributed by atoms with Crippen LogP contribution in [0.1, 0.15) is 32.6 Å². The first-order chi connectivity index (χ1) is 9.71. The van der Waals surface area contributed by atoms with E-state index in [0.717, 1.165) is 29.7 Å². The number of nitrogens with two attached hydrogens (primary N) is 1. The molecule has 1 aromatic heterocycles. The molecule has 3 rings (SSSR count). The lowest BCUT2D eigenvalue weighted by Gasteiger charge is -2.40. The molecule has 3 N–H and O–H groups in total. The van der Waals surface area contributed by atoms with E-state index >= 15 is 0 Å². The number of hydrogen-bond donors (Lipinski definition) is 2. The fourth-order valence-electron chi connectivity index (χ4n) is 3.30. The fraction of sp³-hybridized carbons (Fsp3) is 0.500. The van der Waals surface area contributed by atoms with Crippen molar-refractivity contribution in [3.63, 3.8) is 0 Å². The molecule has 2 aromatic rings. The molecule has 4 nitrogen and oxygen atoms in total. The molecule has 1 aromatic carbocycles. The van der Waals surface area contributed by atoms with Crippen LogP contribution in [-0.4, -0.2) is 22.1 Å². The van der Waals surface area contributed by atoms with E-state index in [1.807, 2.05) is 30.5 Å². The molecule has 1 fully saturated rings. The monoisotopic (exact) mass is 270 g/mol. The first-order valence-electron chi connectivity index (χ1n) is 7.41. The third-order valence-electron chi connectivity index (χ3n) is 4.32. The van der Waals surface area contributed by atoms with E-state index < -0.39 is 0 Å². The average molecular weight is 270 g/mol. The van der Waals surface area contributed by atoms with Crippen LogP contribution in [0.3, 0.4) is 0 Å². The number of benzene rings is 1. The summed E-state index contributed by atoms with van der Waals surface area (Å²) in [6, 6.07) is 7.94.